The monoisotopic (exact) mass is 667 g/mol. The van der Waals surface area contributed by atoms with Crippen LogP contribution >= 0.6 is 0 Å². The van der Waals surface area contributed by atoms with Crippen molar-refractivity contribution >= 4 is 0 Å². The van der Waals surface area contributed by atoms with Crippen LogP contribution in [0.5, 0.6) is 0 Å². The maximum Gasteiger partial charge on any atom is 3.00 e. The van der Waals surface area contributed by atoms with Crippen LogP contribution in [0.3, 0.4) is 0 Å². The van der Waals surface area contributed by atoms with Crippen LogP contribution in [0.1, 0.15) is 0 Å². The van der Waals surface area contributed by atoms with Crippen molar-refractivity contribution in [1.82, 2.24) is 20.2 Å². The average Bonchev–Trinajstić information content (AvgIpc) is 3.47. The van der Waals surface area contributed by atoms with Crippen LogP contribution < -0.4 is 0 Å². The van der Waals surface area contributed by atoms with E-state index in [-0.39, 0.29) is 31.2 Å². The van der Waals surface area contributed by atoms with Gasteiger partial charge in [-0.05, 0) is 29.6 Å². The molecule has 3 heterocycles. The Balaban J connectivity index is 0.000000280. The van der Waals surface area contributed by atoms with E-state index < -0.39 is 23.3 Å². The summed E-state index contributed by atoms with van der Waals surface area (Å²) in [6.07, 6.45) is 6.55. The third-order valence-electron chi connectivity index (χ3n) is 3.96. The van der Waals surface area contributed by atoms with E-state index in [1.807, 2.05) is 6.07 Å². The van der Waals surface area contributed by atoms with Gasteiger partial charge in [-0.25, -0.2) is 0 Å². The number of pyridine rings is 2. The molecule has 3 aromatic heterocycles. The van der Waals surface area contributed by atoms with Gasteiger partial charge in [0.05, 0.1) is 0 Å². The number of hydrogen-bond donors (Lipinski definition) is 1. The summed E-state index contributed by atoms with van der Waals surface area (Å²) in [6.45, 7) is 4.75. The van der Waals surface area contributed by atoms with Gasteiger partial charge in [0.2, 0.25) is 0 Å². The van der Waals surface area contributed by atoms with E-state index in [9.17, 15) is 17.6 Å². The Kier molecular flexibility index (Phi) is 13.6. The van der Waals surface area contributed by atoms with E-state index in [1.54, 1.807) is 61.2 Å². The number of nitrogens with zero attached hydrogens (tertiary/aromatic N) is 4. The first-order valence-corrected chi connectivity index (χ1v) is 9.77. The fourth-order valence-electron chi connectivity index (χ4n) is 2.52. The molecule has 0 fully saturated rings. The van der Waals surface area contributed by atoms with Gasteiger partial charge >= 0.3 is 20.1 Å². The largest absolute Gasteiger partial charge is 3.00 e. The van der Waals surface area contributed by atoms with Gasteiger partial charge in [0.25, 0.3) is 0 Å². The summed E-state index contributed by atoms with van der Waals surface area (Å²) in [5.74, 6) is -2.57. The van der Waals surface area contributed by atoms with Crippen LogP contribution in [-0.4, -0.2) is 20.2 Å². The fourth-order valence-corrected chi connectivity index (χ4v) is 2.52. The number of halogens is 4. The number of nitrogens with one attached hydrogen (secondary N) is 1. The van der Waals surface area contributed by atoms with Crippen LogP contribution in [-0.2, 0) is 20.1 Å². The van der Waals surface area contributed by atoms with Crippen molar-refractivity contribution in [2.75, 3.05) is 0 Å². The summed E-state index contributed by atoms with van der Waals surface area (Å²) in [4.78, 5) is 7.89. The summed E-state index contributed by atoms with van der Waals surface area (Å²) < 4.78 is 51.6. The molecule has 182 valence electrons. The molecule has 10 heteroatoms. The van der Waals surface area contributed by atoms with Gasteiger partial charge < -0.3 is 21.8 Å². The van der Waals surface area contributed by atoms with Gasteiger partial charge in [-0.3, -0.25) is 22.7 Å². The molecule has 0 amide bonds. The fraction of sp³-hybridized carbons (Fsp3) is 0. The van der Waals surface area contributed by atoms with E-state index >= 15 is 0 Å². The number of benzene rings is 2. The van der Waals surface area contributed by atoms with Crippen molar-refractivity contribution in [2.24, 2.45) is 0 Å². The minimum atomic E-state index is -0.649. The van der Waals surface area contributed by atoms with E-state index in [1.165, 1.54) is 0 Å². The van der Waals surface area contributed by atoms with Gasteiger partial charge in [-0.1, -0.05) is 47.5 Å². The first-order valence-electron chi connectivity index (χ1n) is 9.77. The molecule has 0 saturated carbocycles. The first kappa shape index (κ1) is 29.8. The normalized spacial score (nSPS) is 9.06. The second-order valence-corrected chi connectivity index (χ2v) is 6.28. The molecular weight excluding hydrogens is 651 g/mol. The molecule has 0 bridgehead atoms. The second kappa shape index (κ2) is 16.4. The van der Waals surface area contributed by atoms with E-state index in [0.29, 0.717) is 11.4 Å². The predicted molar refractivity (Wildman–Crippen MR) is 120 cm³/mol. The molecule has 0 aliphatic rings. The Morgan fingerprint density at radius 2 is 1.17 bits per heavy atom. The van der Waals surface area contributed by atoms with Gasteiger partial charge in [0, 0.05) is 48.1 Å². The van der Waals surface area contributed by atoms with Crippen LogP contribution in [0.25, 0.3) is 22.5 Å². The number of rotatable bonds is 2. The van der Waals surface area contributed by atoms with Gasteiger partial charge in [0.1, 0.15) is 0 Å². The third kappa shape index (κ3) is 9.58. The smallest absolute Gasteiger partial charge is 0.512 e. The SMILES string of the molecule is Fc1c[c-]c(-c2ccccn2)c(F)c1.Fc1c[c-]c(-c2ccccn2)c(F)c1.[C-]#N.[Ir+3].c1cn[nH]c1. The van der Waals surface area contributed by atoms with Gasteiger partial charge in [-0.2, -0.15) is 5.10 Å². The molecule has 5 rings (SSSR count). The standard InChI is InChI=1S/2C11H6F2N.C3H4N2.CN.Ir/c2*12-8-4-5-9(10(13)7-8)11-3-1-2-6-14-11;1-2-4-5-3-1;1-2;/h2*1-4,6-7H;1-3H,(H,4,5);;/q2*-1;;-1;+3. The first-order chi connectivity index (χ1) is 17.0. The molecule has 0 atom stereocenters. The molecule has 0 unspecified atom stereocenters. The Bertz CT molecular complexity index is 1200. The Hall–Kier alpha value is -4.19. The molecule has 5 nitrogen and oxygen atoms in total. The predicted octanol–water partition coefficient (Wildman–Crippen LogP) is 6.16. The van der Waals surface area contributed by atoms with Crippen molar-refractivity contribution in [2.45, 2.75) is 0 Å². The van der Waals surface area contributed by atoms with Crippen LogP contribution in [0.2, 0.25) is 0 Å². The van der Waals surface area contributed by atoms with Crippen molar-refractivity contribution < 1.29 is 37.7 Å². The number of H-pyrrole nitrogens is 1. The quantitative estimate of drug-likeness (QED) is 0.181. The molecule has 5 aromatic rings. The van der Waals surface area contributed by atoms with Crippen molar-refractivity contribution in [3.63, 3.8) is 0 Å². The van der Waals surface area contributed by atoms with Crippen molar-refractivity contribution in [3.05, 3.63) is 133 Å². The zero-order chi connectivity index (χ0) is 25.5. The van der Waals surface area contributed by atoms with Crippen molar-refractivity contribution in [1.29, 1.82) is 5.26 Å². The molecule has 1 N–H and O–H groups in total. The van der Waals surface area contributed by atoms with Gasteiger partial charge in [-0.15, -0.1) is 24.3 Å². The molecule has 0 saturated heterocycles. The molecular formula is C26H16F4IrN5. The van der Waals surface area contributed by atoms with Crippen LogP contribution in [0.4, 0.5) is 17.6 Å². The number of aromatic amines is 1. The van der Waals surface area contributed by atoms with Crippen LogP contribution in [0.15, 0.2) is 91.5 Å². The summed E-state index contributed by atoms with van der Waals surface area (Å²) >= 11 is 0. The molecule has 0 spiro atoms. The minimum Gasteiger partial charge on any atom is -0.512 e. The van der Waals surface area contributed by atoms with E-state index in [4.69, 9.17) is 11.8 Å². The van der Waals surface area contributed by atoms with Gasteiger partial charge in [0.15, 0.2) is 0 Å². The third-order valence-corrected chi connectivity index (χ3v) is 3.96. The summed E-state index contributed by atoms with van der Waals surface area (Å²) in [6, 6.07) is 20.9. The molecule has 0 aliphatic carbocycles. The minimum absolute atomic E-state index is 0. The summed E-state index contributed by atoms with van der Waals surface area (Å²) in [5.41, 5.74) is 1.27. The molecule has 0 radical (unpaired) electrons. The Morgan fingerprint density at radius 1 is 0.694 bits per heavy atom. The van der Waals surface area contributed by atoms with Crippen LogP contribution in [0, 0.1) is 47.2 Å². The Labute approximate surface area is 218 Å². The Morgan fingerprint density at radius 3 is 1.44 bits per heavy atom. The van der Waals surface area contributed by atoms with E-state index in [0.717, 1.165) is 24.3 Å². The van der Waals surface area contributed by atoms with E-state index in [2.05, 4.69) is 32.3 Å². The number of aromatic nitrogens is 4. The maximum atomic E-state index is 13.2. The zero-order valence-electron chi connectivity index (χ0n) is 18.3. The average molecular weight is 667 g/mol. The topological polar surface area (TPSA) is 78.2 Å². The molecule has 0 aliphatic heterocycles. The number of hydrogen-bond acceptors (Lipinski definition) is 4. The summed E-state index contributed by atoms with van der Waals surface area (Å²) in [5, 5.41) is 12.5. The molecule has 36 heavy (non-hydrogen) atoms. The van der Waals surface area contributed by atoms with Crippen molar-refractivity contribution in [3.8, 4) is 22.5 Å². The maximum absolute atomic E-state index is 13.2. The molecule has 2 aromatic carbocycles. The summed E-state index contributed by atoms with van der Waals surface area (Å²) in [7, 11) is 0. The zero-order valence-corrected chi connectivity index (χ0v) is 20.7. The second-order valence-electron chi connectivity index (χ2n) is 6.28.